The van der Waals surface area contributed by atoms with Crippen molar-refractivity contribution in [3.8, 4) is 12.3 Å². The maximum atomic E-state index is 12.0. The van der Waals surface area contributed by atoms with Gasteiger partial charge in [0.1, 0.15) is 0 Å². The Hall–Kier alpha value is -2.25. The molecule has 1 saturated heterocycles. The first-order valence-electron chi connectivity index (χ1n) is 7.14. The van der Waals surface area contributed by atoms with Crippen LogP contribution in [0.4, 0.5) is 0 Å². The average molecular weight is 282 g/mol. The van der Waals surface area contributed by atoms with E-state index in [0.717, 1.165) is 16.5 Å². The zero-order valence-electron chi connectivity index (χ0n) is 11.7. The van der Waals surface area contributed by atoms with Gasteiger partial charge >= 0.3 is 0 Å². The van der Waals surface area contributed by atoms with Crippen LogP contribution >= 0.6 is 0 Å². The number of H-pyrrole nitrogens is 1. The van der Waals surface area contributed by atoms with Crippen LogP contribution in [0.5, 0.6) is 0 Å². The summed E-state index contributed by atoms with van der Waals surface area (Å²) in [6.07, 6.45) is 8.38. The largest absolute Gasteiger partial charge is 0.394 e. The third kappa shape index (κ3) is 2.53. The maximum absolute atomic E-state index is 12.0. The van der Waals surface area contributed by atoms with Crippen molar-refractivity contribution in [2.45, 2.75) is 18.9 Å². The zero-order chi connectivity index (χ0) is 14.8. The topological polar surface area (TPSA) is 56.3 Å². The lowest BCUT2D eigenvalue weighted by Crippen LogP contribution is -2.40. The molecule has 1 amide bonds. The number of aromatic nitrogens is 1. The summed E-state index contributed by atoms with van der Waals surface area (Å²) in [4.78, 5) is 17.0. The lowest BCUT2D eigenvalue weighted by atomic mass is 10.0. The molecule has 2 aromatic rings. The van der Waals surface area contributed by atoms with Crippen LogP contribution < -0.4 is 0 Å². The number of hydrogen-bond acceptors (Lipinski definition) is 2. The highest BCUT2D eigenvalue weighted by Crippen LogP contribution is 2.24. The average Bonchev–Trinajstić information content (AvgIpc) is 3.08. The van der Waals surface area contributed by atoms with Gasteiger partial charge in [-0.15, -0.1) is 12.3 Å². The van der Waals surface area contributed by atoms with Crippen molar-refractivity contribution in [2.24, 2.45) is 5.92 Å². The van der Waals surface area contributed by atoms with E-state index in [2.05, 4.69) is 10.9 Å². The van der Waals surface area contributed by atoms with E-state index in [-0.39, 0.29) is 24.5 Å². The molecule has 2 N–H and O–H groups in total. The third-order valence-corrected chi connectivity index (χ3v) is 4.18. The molecule has 1 fully saturated rings. The van der Waals surface area contributed by atoms with Crippen LogP contribution in [0.15, 0.2) is 30.5 Å². The number of likely N-dealkylation sites (tertiary alicyclic amines) is 1. The van der Waals surface area contributed by atoms with Gasteiger partial charge in [-0.2, -0.15) is 0 Å². The van der Waals surface area contributed by atoms with Crippen LogP contribution in [0, 0.1) is 18.3 Å². The first-order chi connectivity index (χ1) is 10.2. The van der Waals surface area contributed by atoms with Gasteiger partial charge in [0.25, 0.3) is 0 Å². The number of para-hydroxylation sites is 1. The number of benzene rings is 1. The number of fused-ring (bicyclic) bond motifs is 1. The van der Waals surface area contributed by atoms with E-state index in [1.165, 1.54) is 0 Å². The molecule has 1 aromatic heterocycles. The molecular weight excluding hydrogens is 264 g/mol. The summed E-state index contributed by atoms with van der Waals surface area (Å²) < 4.78 is 0. The Morgan fingerprint density at radius 3 is 3.00 bits per heavy atom. The number of amides is 1. The number of rotatable bonds is 4. The van der Waals surface area contributed by atoms with Crippen LogP contribution in [0.3, 0.4) is 0 Å². The van der Waals surface area contributed by atoms with E-state index in [0.29, 0.717) is 19.4 Å². The van der Waals surface area contributed by atoms with Crippen molar-refractivity contribution in [3.63, 3.8) is 0 Å². The molecule has 2 atom stereocenters. The van der Waals surface area contributed by atoms with E-state index in [4.69, 9.17) is 6.42 Å². The van der Waals surface area contributed by atoms with E-state index in [1.807, 2.05) is 30.5 Å². The van der Waals surface area contributed by atoms with E-state index < -0.39 is 0 Å². The molecule has 0 saturated carbocycles. The lowest BCUT2D eigenvalue weighted by molar-refractivity contribution is -0.130. The number of carbonyl (C=O) groups excluding carboxylic acids is 1. The Labute approximate surface area is 123 Å². The van der Waals surface area contributed by atoms with Crippen molar-refractivity contribution in [3.05, 3.63) is 36.0 Å². The molecule has 0 spiro atoms. The standard InChI is InChI=1S/C17H18N2O2/c1-2-12-7-17(21)19(10-12)14(11-20)8-13-9-18-16-6-4-3-5-15(13)16/h1,3-6,9,12,14,18,20H,7-8,10-11H2. The fourth-order valence-electron chi connectivity index (χ4n) is 3.02. The van der Waals surface area contributed by atoms with Gasteiger partial charge in [0.2, 0.25) is 5.91 Å². The summed E-state index contributed by atoms with van der Waals surface area (Å²) >= 11 is 0. The van der Waals surface area contributed by atoms with Gasteiger partial charge in [0.05, 0.1) is 12.6 Å². The Kier molecular flexibility index (Phi) is 3.68. The highest BCUT2D eigenvalue weighted by molar-refractivity contribution is 5.83. The number of terminal acetylenes is 1. The second kappa shape index (κ2) is 5.63. The summed E-state index contributed by atoms with van der Waals surface area (Å²) in [6.45, 7) is 0.492. The SMILES string of the molecule is C#CC1CC(=O)N(C(CO)Cc2c[nH]c3ccccc23)C1. The van der Waals surface area contributed by atoms with E-state index >= 15 is 0 Å². The van der Waals surface area contributed by atoms with E-state index in [1.54, 1.807) is 4.90 Å². The molecule has 2 unspecified atom stereocenters. The molecule has 1 aromatic carbocycles. The monoisotopic (exact) mass is 282 g/mol. The Balaban J connectivity index is 1.82. The minimum atomic E-state index is -0.213. The van der Waals surface area contributed by atoms with Crippen molar-refractivity contribution in [1.29, 1.82) is 0 Å². The van der Waals surface area contributed by atoms with Crippen LogP contribution in [-0.4, -0.2) is 40.1 Å². The molecule has 0 bridgehead atoms. The molecule has 108 valence electrons. The van der Waals surface area contributed by atoms with Crippen LogP contribution in [0.25, 0.3) is 10.9 Å². The van der Waals surface area contributed by atoms with Crippen molar-refractivity contribution >= 4 is 16.8 Å². The van der Waals surface area contributed by atoms with Crippen molar-refractivity contribution in [1.82, 2.24) is 9.88 Å². The number of nitrogens with zero attached hydrogens (tertiary/aromatic N) is 1. The van der Waals surface area contributed by atoms with Crippen LogP contribution in [-0.2, 0) is 11.2 Å². The summed E-state index contributed by atoms with van der Waals surface area (Å²) in [5.74, 6) is 2.65. The second-order valence-electron chi connectivity index (χ2n) is 5.51. The van der Waals surface area contributed by atoms with Crippen molar-refractivity contribution in [2.75, 3.05) is 13.2 Å². The predicted octanol–water partition coefficient (Wildman–Crippen LogP) is 1.55. The molecular formula is C17H18N2O2. The molecule has 0 aliphatic carbocycles. The fourth-order valence-corrected chi connectivity index (χ4v) is 3.02. The van der Waals surface area contributed by atoms with Gasteiger partial charge in [0, 0.05) is 36.0 Å². The molecule has 21 heavy (non-hydrogen) atoms. The third-order valence-electron chi connectivity index (χ3n) is 4.18. The van der Waals surface area contributed by atoms with Gasteiger partial charge in [-0.1, -0.05) is 18.2 Å². The minimum absolute atomic E-state index is 0.0329. The van der Waals surface area contributed by atoms with Crippen molar-refractivity contribution < 1.29 is 9.90 Å². The van der Waals surface area contributed by atoms with Crippen LogP contribution in [0.2, 0.25) is 0 Å². The van der Waals surface area contributed by atoms with Crippen LogP contribution in [0.1, 0.15) is 12.0 Å². The number of aromatic amines is 1. The lowest BCUT2D eigenvalue weighted by Gasteiger charge is -2.26. The zero-order valence-corrected chi connectivity index (χ0v) is 11.7. The normalized spacial score (nSPS) is 19.9. The van der Waals surface area contributed by atoms with Gasteiger partial charge in [-0.25, -0.2) is 0 Å². The smallest absolute Gasteiger partial charge is 0.224 e. The van der Waals surface area contributed by atoms with Gasteiger partial charge in [0.15, 0.2) is 0 Å². The van der Waals surface area contributed by atoms with Gasteiger partial charge in [-0.05, 0) is 18.1 Å². The highest BCUT2D eigenvalue weighted by Gasteiger charge is 2.33. The summed E-state index contributed by atoms with van der Waals surface area (Å²) in [5.41, 5.74) is 2.18. The predicted molar refractivity (Wildman–Crippen MR) is 81.5 cm³/mol. The second-order valence-corrected chi connectivity index (χ2v) is 5.51. The quantitative estimate of drug-likeness (QED) is 0.836. The summed E-state index contributed by atoms with van der Waals surface area (Å²) in [7, 11) is 0. The number of carbonyl (C=O) groups is 1. The number of nitrogens with one attached hydrogen (secondary N) is 1. The number of aliphatic hydroxyl groups is 1. The Bertz CT molecular complexity index is 698. The molecule has 2 heterocycles. The maximum Gasteiger partial charge on any atom is 0.224 e. The first kappa shape index (κ1) is 13.7. The van der Waals surface area contributed by atoms with Gasteiger partial charge < -0.3 is 15.0 Å². The van der Waals surface area contributed by atoms with E-state index in [9.17, 15) is 9.90 Å². The number of aliphatic hydroxyl groups excluding tert-OH is 1. The summed E-state index contributed by atoms with van der Waals surface area (Å²) in [6, 6.07) is 7.82. The number of hydrogen-bond donors (Lipinski definition) is 2. The molecule has 4 nitrogen and oxygen atoms in total. The fraction of sp³-hybridized carbons (Fsp3) is 0.353. The molecule has 4 heteroatoms. The molecule has 3 rings (SSSR count). The highest BCUT2D eigenvalue weighted by atomic mass is 16.3. The molecule has 1 aliphatic rings. The molecule has 0 radical (unpaired) electrons. The minimum Gasteiger partial charge on any atom is -0.394 e. The first-order valence-corrected chi connectivity index (χ1v) is 7.14. The Morgan fingerprint density at radius 1 is 1.48 bits per heavy atom. The Morgan fingerprint density at radius 2 is 2.29 bits per heavy atom. The molecule has 1 aliphatic heterocycles. The van der Waals surface area contributed by atoms with Gasteiger partial charge in [-0.3, -0.25) is 4.79 Å². The summed E-state index contributed by atoms with van der Waals surface area (Å²) in [5, 5.41) is 10.8.